The largest absolute Gasteiger partial charge is 0.494 e. The number of ether oxygens (including phenoxy) is 3. The Labute approximate surface area is 238 Å². The highest BCUT2D eigenvalue weighted by Crippen LogP contribution is 2.37. The molecule has 0 amide bonds. The number of nitrogens with one attached hydrogen (secondary N) is 1. The van der Waals surface area contributed by atoms with Gasteiger partial charge in [0.05, 0.1) is 24.1 Å². The van der Waals surface area contributed by atoms with Gasteiger partial charge in [-0.15, -0.1) is 0 Å². The number of hydrogen-bond donors (Lipinski definition) is 2. The van der Waals surface area contributed by atoms with Gasteiger partial charge in [0.1, 0.15) is 28.7 Å². The summed E-state index contributed by atoms with van der Waals surface area (Å²) in [6.07, 6.45) is 0.0430. The lowest BCUT2D eigenvalue weighted by atomic mass is 10.1. The van der Waals surface area contributed by atoms with E-state index >= 15 is 0 Å². The predicted molar refractivity (Wildman–Crippen MR) is 159 cm³/mol. The van der Waals surface area contributed by atoms with Gasteiger partial charge in [-0.1, -0.05) is 18.2 Å². The molecule has 0 aliphatic rings. The van der Waals surface area contributed by atoms with Gasteiger partial charge >= 0.3 is 5.97 Å². The second kappa shape index (κ2) is 12.3. The first kappa shape index (κ1) is 27.3. The minimum Gasteiger partial charge on any atom is -0.494 e. The lowest BCUT2D eigenvalue weighted by molar-refractivity contribution is 0.0691. The summed E-state index contributed by atoms with van der Waals surface area (Å²) < 4.78 is 18.9. The number of aromatic carboxylic acids is 1. The Balaban J connectivity index is 1.57. The Kier molecular flexibility index (Phi) is 8.20. The quantitative estimate of drug-likeness (QED) is 0.173. The number of hydrogen-bond acceptors (Lipinski definition) is 6. The van der Waals surface area contributed by atoms with Crippen LogP contribution in [0.1, 0.15) is 31.3 Å². The molecule has 0 aliphatic heterocycles. The number of anilines is 2. The highest BCUT2D eigenvalue weighted by atomic mass is 16.5. The summed E-state index contributed by atoms with van der Waals surface area (Å²) >= 11 is 0. The number of nitrogens with zero attached hydrogens (tertiary/aromatic N) is 2. The van der Waals surface area contributed by atoms with Crippen molar-refractivity contribution in [1.29, 1.82) is 0 Å². The number of carbonyl (C=O) groups is 1. The monoisotopic (exact) mass is 549 g/mol. The second-order valence-electron chi connectivity index (χ2n) is 9.47. The van der Waals surface area contributed by atoms with E-state index in [4.69, 9.17) is 14.2 Å². The van der Waals surface area contributed by atoms with Crippen molar-refractivity contribution in [3.63, 3.8) is 0 Å². The number of rotatable bonds is 11. The van der Waals surface area contributed by atoms with Gasteiger partial charge in [0, 0.05) is 11.3 Å². The molecule has 8 heteroatoms. The molecule has 5 aromatic rings. The van der Waals surface area contributed by atoms with Gasteiger partial charge in [0.2, 0.25) is 0 Å². The molecule has 5 rings (SSSR count). The number of carboxylic acids is 1. The fraction of sp³-hybridized carbons (Fsp3) is 0.152. The fourth-order valence-corrected chi connectivity index (χ4v) is 4.33. The van der Waals surface area contributed by atoms with Gasteiger partial charge in [0.25, 0.3) is 0 Å². The molecule has 0 fully saturated rings. The summed E-state index contributed by atoms with van der Waals surface area (Å²) in [5.41, 5.74) is 2.97. The predicted octanol–water partition coefficient (Wildman–Crippen LogP) is 7.96. The molecule has 8 nitrogen and oxygen atoms in total. The zero-order chi connectivity index (χ0) is 28.8. The van der Waals surface area contributed by atoms with E-state index in [1.807, 2.05) is 124 Å². The van der Waals surface area contributed by atoms with E-state index < -0.39 is 5.97 Å². The second-order valence-corrected chi connectivity index (χ2v) is 9.47. The van der Waals surface area contributed by atoms with Crippen LogP contribution in [0.4, 0.5) is 11.4 Å². The third kappa shape index (κ3) is 6.50. The van der Waals surface area contributed by atoms with Crippen LogP contribution in [-0.2, 0) is 0 Å². The zero-order valence-electron chi connectivity index (χ0n) is 23.1. The van der Waals surface area contributed by atoms with Gasteiger partial charge in [-0.25, -0.2) is 9.48 Å². The molecule has 0 spiro atoms. The van der Waals surface area contributed by atoms with Crippen LogP contribution in [-0.4, -0.2) is 33.6 Å². The standard InChI is InChI=1S/C33H31N3O5/c1-4-39-26-16-10-23(11-17-26)32-30(34-24-12-18-28(19-13-24)40-22(2)3)31(33(37)38)35-36(32)25-14-20-29(21-15-25)41-27-8-6-5-7-9-27/h5-22,34H,4H2,1-3H3,(H,37,38). The highest BCUT2D eigenvalue weighted by molar-refractivity contribution is 5.98. The molecule has 208 valence electrons. The molecule has 41 heavy (non-hydrogen) atoms. The van der Waals surface area contributed by atoms with Crippen LogP contribution in [0.5, 0.6) is 23.0 Å². The summed E-state index contributed by atoms with van der Waals surface area (Å²) in [6, 6.07) is 31.7. The number of benzene rings is 4. The third-order valence-corrected chi connectivity index (χ3v) is 6.08. The number of para-hydroxylation sites is 1. The Bertz CT molecular complexity index is 1590. The molecular weight excluding hydrogens is 518 g/mol. The Hall–Kier alpha value is -5.24. The maximum Gasteiger partial charge on any atom is 0.358 e. The van der Waals surface area contributed by atoms with Crippen molar-refractivity contribution in [2.75, 3.05) is 11.9 Å². The Morgan fingerprint density at radius 1 is 0.829 bits per heavy atom. The summed E-state index contributed by atoms with van der Waals surface area (Å²) in [4.78, 5) is 12.4. The van der Waals surface area contributed by atoms with Gasteiger partial charge in [0.15, 0.2) is 5.69 Å². The van der Waals surface area contributed by atoms with E-state index in [1.54, 1.807) is 4.68 Å². The minimum absolute atomic E-state index is 0.0430. The first-order chi connectivity index (χ1) is 19.9. The van der Waals surface area contributed by atoms with Crippen molar-refractivity contribution in [1.82, 2.24) is 9.78 Å². The van der Waals surface area contributed by atoms with E-state index in [0.717, 1.165) is 22.8 Å². The van der Waals surface area contributed by atoms with Crippen LogP contribution >= 0.6 is 0 Å². The lowest BCUT2D eigenvalue weighted by Gasteiger charge is -2.14. The molecule has 0 radical (unpaired) electrons. The van der Waals surface area contributed by atoms with Crippen LogP contribution in [0.3, 0.4) is 0 Å². The van der Waals surface area contributed by atoms with Crippen molar-refractivity contribution in [3.05, 3.63) is 109 Å². The SMILES string of the molecule is CCOc1ccc(-c2c(Nc3ccc(OC(C)C)cc3)c(C(=O)O)nn2-c2ccc(Oc3ccccc3)cc2)cc1. The molecule has 0 saturated heterocycles. The molecule has 0 bridgehead atoms. The summed E-state index contributed by atoms with van der Waals surface area (Å²) in [6.45, 7) is 6.39. The van der Waals surface area contributed by atoms with E-state index in [-0.39, 0.29) is 11.8 Å². The molecule has 0 unspecified atom stereocenters. The maximum atomic E-state index is 12.4. The van der Waals surface area contributed by atoms with Gasteiger partial charge in [-0.3, -0.25) is 0 Å². The van der Waals surface area contributed by atoms with Crippen molar-refractivity contribution >= 4 is 17.3 Å². The number of carboxylic acid groups (broad SMARTS) is 1. The van der Waals surface area contributed by atoms with E-state index in [2.05, 4.69) is 10.4 Å². The van der Waals surface area contributed by atoms with Crippen molar-refractivity contribution in [2.45, 2.75) is 26.9 Å². The molecule has 0 saturated carbocycles. The minimum atomic E-state index is -1.15. The van der Waals surface area contributed by atoms with Gasteiger partial charge in [-0.2, -0.15) is 5.10 Å². The van der Waals surface area contributed by atoms with Crippen LogP contribution in [0.15, 0.2) is 103 Å². The first-order valence-corrected chi connectivity index (χ1v) is 13.4. The fourth-order valence-electron chi connectivity index (χ4n) is 4.33. The molecule has 0 aliphatic carbocycles. The van der Waals surface area contributed by atoms with E-state index in [0.29, 0.717) is 35.1 Å². The topological polar surface area (TPSA) is 94.8 Å². The molecule has 2 N–H and O–H groups in total. The highest BCUT2D eigenvalue weighted by Gasteiger charge is 2.25. The van der Waals surface area contributed by atoms with Gasteiger partial charge in [-0.05, 0) is 106 Å². The number of aromatic nitrogens is 2. The molecule has 4 aromatic carbocycles. The third-order valence-electron chi connectivity index (χ3n) is 6.08. The lowest BCUT2D eigenvalue weighted by Crippen LogP contribution is -2.05. The molecular formula is C33H31N3O5. The zero-order valence-corrected chi connectivity index (χ0v) is 23.1. The van der Waals surface area contributed by atoms with Crippen LogP contribution in [0, 0.1) is 0 Å². The van der Waals surface area contributed by atoms with Crippen LogP contribution in [0.2, 0.25) is 0 Å². The van der Waals surface area contributed by atoms with E-state index in [9.17, 15) is 9.90 Å². The van der Waals surface area contributed by atoms with Gasteiger partial charge < -0.3 is 24.6 Å². The summed E-state index contributed by atoms with van der Waals surface area (Å²) in [7, 11) is 0. The molecule has 1 aromatic heterocycles. The van der Waals surface area contributed by atoms with Crippen molar-refractivity contribution in [2.24, 2.45) is 0 Å². The van der Waals surface area contributed by atoms with Crippen molar-refractivity contribution in [3.8, 4) is 39.9 Å². The Morgan fingerprint density at radius 3 is 2.05 bits per heavy atom. The van der Waals surface area contributed by atoms with Crippen LogP contribution < -0.4 is 19.5 Å². The first-order valence-electron chi connectivity index (χ1n) is 13.4. The normalized spacial score (nSPS) is 10.8. The van der Waals surface area contributed by atoms with Crippen LogP contribution in [0.25, 0.3) is 16.9 Å². The average molecular weight is 550 g/mol. The summed E-state index contributed by atoms with van der Waals surface area (Å²) in [5, 5.41) is 18.0. The van der Waals surface area contributed by atoms with E-state index in [1.165, 1.54) is 0 Å². The molecule has 1 heterocycles. The average Bonchev–Trinajstić information content (AvgIpc) is 3.35. The molecule has 0 atom stereocenters. The Morgan fingerprint density at radius 2 is 1.44 bits per heavy atom. The smallest absolute Gasteiger partial charge is 0.358 e. The maximum absolute atomic E-state index is 12.4. The van der Waals surface area contributed by atoms with Crippen molar-refractivity contribution < 1.29 is 24.1 Å². The summed E-state index contributed by atoms with van der Waals surface area (Å²) in [5.74, 6) is 1.67.